The van der Waals surface area contributed by atoms with Gasteiger partial charge in [-0.3, -0.25) is 0 Å². The van der Waals surface area contributed by atoms with Gasteiger partial charge in [0, 0.05) is 82.4 Å². The molecule has 8 bridgehead atoms. The van der Waals surface area contributed by atoms with Crippen LogP contribution in [0.5, 0.6) is 0 Å². The highest BCUT2D eigenvalue weighted by Gasteiger charge is 2.39. The number of benzene rings is 4. The van der Waals surface area contributed by atoms with Crippen molar-refractivity contribution in [3.05, 3.63) is 158 Å². The van der Waals surface area contributed by atoms with Gasteiger partial charge in [0.15, 0.2) is 5.11 Å². The maximum absolute atomic E-state index is 6.07. The van der Waals surface area contributed by atoms with Crippen LogP contribution in [-0.4, -0.2) is 60.2 Å². The van der Waals surface area contributed by atoms with Crippen molar-refractivity contribution >= 4 is 78.2 Å². The zero-order valence-corrected chi connectivity index (χ0v) is 47.0. The summed E-state index contributed by atoms with van der Waals surface area (Å²) in [5, 5.41) is 7.34. The normalized spacial score (nSPS) is 12.2. The fourth-order valence-corrected chi connectivity index (χ4v) is 14.3. The molecule has 0 fully saturated rings. The lowest BCUT2D eigenvalue weighted by atomic mass is 9.92. The largest absolute Gasteiger partial charge is 0.500 e. The van der Waals surface area contributed by atoms with Crippen LogP contribution in [-0.2, 0) is 13.3 Å². The molecule has 5 heterocycles. The molecular weight excluding hydrogens is 949 g/mol. The van der Waals surface area contributed by atoms with Crippen molar-refractivity contribution in [2.24, 2.45) is 0 Å². The second kappa shape index (κ2) is 22.0. The Kier molecular flexibility index (Phi) is 15.5. The molecule has 11 heteroatoms. The highest BCUT2D eigenvalue weighted by atomic mass is 32.1. The smallest absolute Gasteiger partial charge is 0.374 e. The molecule has 0 unspecified atom stereocenters. The zero-order chi connectivity index (χ0) is 52.4. The van der Waals surface area contributed by atoms with Crippen LogP contribution in [0, 0.1) is 62.3 Å². The summed E-state index contributed by atoms with van der Waals surface area (Å²) >= 11 is 5.81. The molecule has 0 amide bonds. The number of aryl methyl sites for hydroxylation is 9. The molecule has 3 aromatic heterocycles. The van der Waals surface area contributed by atoms with E-state index in [0.29, 0.717) is 37.5 Å². The highest BCUT2D eigenvalue weighted by Crippen LogP contribution is 2.42. The standard InChI is InChI=1S/C63H70N6O3SSi/c1-13-70-74(71-14-2,72-15-3)30-16-29-64-63(73)65-47-19-17-46(18-20-47)59-48-21-23-50(66-48)60(56-40(7)31-37(4)32-41(56)8)52-25-27-54(68-52)62(58-44(11)35-39(6)36-45(58)12)55-28-26-53(69-55)61(51-24-22-49(59)67-51)57-42(9)33-38(5)34-43(57)10/h17-28,31-36,66,69H,13-16,29-30H2,1-12H3,(H2,64,65,73). The first-order valence-electron chi connectivity index (χ1n) is 26.1. The minimum atomic E-state index is -2.74. The lowest BCUT2D eigenvalue weighted by molar-refractivity contribution is 0.0709. The highest BCUT2D eigenvalue weighted by molar-refractivity contribution is 7.80. The molecule has 2 aliphatic heterocycles. The van der Waals surface area contributed by atoms with Crippen LogP contribution in [0.2, 0.25) is 6.04 Å². The number of rotatable bonds is 15. The predicted octanol–water partition coefficient (Wildman–Crippen LogP) is 15.8. The number of aromatic amines is 2. The summed E-state index contributed by atoms with van der Waals surface area (Å²) in [6, 6.07) is 31.6. The van der Waals surface area contributed by atoms with Gasteiger partial charge in [0.25, 0.3) is 0 Å². The van der Waals surface area contributed by atoms with Crippen LogP contribution < -0.4 is 10.6 Å². The van der Waals surface area contributed by atoms with Crippen molar-refractivity contribution in [3.63, 3.8) is 0 Å². The van der Waals surface area contributed by atoms with E-state index in [0.717, 1.165) is 84.8 Å². The molecule has 0 atom stereocenters. The number of nitrogens with one attached hydrogen (secondary N) is 4. The van der Waals surface area contributed by atoms with Gasteiger partial charge in [-0.25, -0.2) is 9.97 Å². The van der Waals surface area contributed by atoms with E-state index in [4.69, 9.17) is 35.5 Å². The summed E-state index contributed by atoms with van der Waals surface area (Å²) in [5.41, 5.74) is 27.8. The van der Waals surface area contributed by atoms with E-state index in [1.807, 2.05) is 20.8 Å². The van der Waals surface area contributed by atoms with E-state index < -0.39 is 8.80 Å². The first-order valence-corrected chi connectivity index (χ1v) is 28.4. The summed E-state index contributed by atoms with van der Waals surface area (Å²) in [4.78, 5) is 19.2. The topological polar surface area (TPSA) is 109 Å². The Bertz CT molecular complexity index is 3410. The van der Waals surface area contributed by atoms with Crippen molar-refractivity contribution in [2.45, 2.75) is 95.5 Å². The third-order valence-electron chi connectivity index (χ3n) is 14.0. The number of aromatic nitrogens is 4. The third-order valence-corrected chi connectivity index (χ3v) is 17.4. The number of nitrogens with zero attached hydrogens (tertiary/aromatic N) is 2. The number of H-pyrrole nitrogens is 2. The van der Waals surface area contributed by atoms with Crippen molar-refractivity contribution in [3.8, 4) is 44.5 Å². The van der Waals surface area contributed by atoms with E-state index in [1.165, 1.54) is 66.8 Å². The van der Waals surface area contributed by atoms with Gasteiger partial charge in [-0.05, 0) is 218 Å². The molecule has 7 aromatic rings. The molecule has 9 rings (SSSR count). The maximum atomic E-state index is 6.07. The van der Waals surface area contributed by atoms with E-state index in [9.17, 15) is 0 Å². The quantitative estimate of drug-likeness (QED) is 0.0457. The molecule has 9 nitrogen and oxygen atoms in total. The van der Waals surface area contributed by atoms with Crippen LogP contribution in [0.15, 0.2) is 84.9 Å². The Hall–Kier alpha value is -6.73. The first kappa shape index (κ1) is 52.1. The monoisotopic (exact) mass is 1020 g/mol. The molecule has 0 radical (unpaired) electrons. The number of anilines is 1. The van der Waals surface area contributed by atoms with Gasteiger partial charge in [-0.15, -0.1) is 0 Å². The average Bonchev–Trinajstić information content (AvgIpc) is 4.19. The van der Waals surface area contributed by atoms with Crippen LogP contribution in [0.25, 0.3) is 90.9 Å². The molecule has 2 aliphatic rings. The van der Waals surface area contributed by atoms with Gasteiger partial charge in [0.1, 0.15) is 0 Å². The summed E-state index contributed by atoms with van der Waals surface area (Å²) in [5.74, 6) is 0. The average molecular weight is 1020 g/mol. The van der Waals surface area contributed by atoms with Crippen LogP contribution in [0.4, 0.5) is 5.69 Å². The third kappa shape index (κ3) is 10.6. The number of fused-ring (bicyclic) bond motifs is 8. The summed E-state index contributed by atoms with van der Waals surface area (Å²) in [6.07, 6.45) is 9.52. The van der Waals surface area contributed by atoms with Crippen molar-refractivity contribution in [2.75, 3.05) is 31.7 Å². The molecule has 0 saturated heterocycles. The van der Waals surface area contributed by atoms with Crippen molar-refractivity contribution < 1.29 is 13.3 Å². The molecule has 0 aliphatic carbocycles. The Morgan fingerprint density at radius 2 is 0.811 bits per heavy atom. The fourth-order valence-electron chi connectivity index (χ4n) is 11.4. The summed E-state index contributed by atoms with van der Waals surface area (Å²) in [7, 11) is -2.74. The van der Waals surface area contributed by atoms with Crippen LogP contribution in [0.3, 0.4) is 0 Å². The lowest BCUT2D eigenvalue weighted by Gasteiger charge is -2.28. The van der Waals surface area contributed by atoms with Gasteiger partial charge in [0.2, 0.25) is 0 Å². The first-order chi connectivity index (χ1) is 35.6. The van der Waals surface area contributed by atoms with Crippen molar-refractivity contribution in [1.29, 1.82) is 0 Å². The van der Waals surface area contributed by atoms with E-state index >= 15 is 0 Å². The molecule has 4 N–H and O–H groups in total. The Morgan fingerprint density at radius 1 is 0.473 bits per heavy atom. The SMILES string of the molecule is CCO[Si](CCCNC(=S)Nc1ccc(-c2c3nc(c(-c4c(C)cc(C)cc4C)c4ccc([nH]4)c(-c4c(C)cc(C)cc4C)c4nc(c(-c5c(C)cc(C)cc5C)c5ccc2[nH]5)C=C4)C=C3)cc1)(OCC)OCC. The second-order valence-corrected chi connectivity index (χ2v) is 23.0. The minimum absolute atomic E-state index is 0.545. The van der Waals surface area contributed by atoms with E-state index in [-0.39, 0.29) is 0 Å². The fraction of sp³-hybridized carbons (Fsp3) is 0.286. The maximum Gasteiger partial charge on any atom is 0.500 e. The lowest BCUT2D eigenvalue weighted by Crippen LogP contribution is -2.46. The Balaban J connectivity index is 1.25. The zero-order valence-electron chi connectivity index (χ0n) is 45.2. The predicted molar refractivity (Wildman–Crippen MR) is 318 cm³/mol. The Morgan fingerprint density at radius 3 is 1.16 bits per heavy atom. The van der Waals surface area contributed by atoms with Gasteiger partial charge in [-0.2, -0.15) is 0 Å². The van der Waals surface area contributed by atoms with E-state index in [2.05, 4.69) is 192 Å². The molecular formula is C63H70N6O3SSi. The molecule has 0 spiro atoms. The second-order valence-electron chi connectivity index (χ2n) is 19.9. The van der Waals surface area contributed by atoms with Gasteiger partial charge in [0.05, 0.1) is 22.8 Å². The van der Waals surface area contributed by atoms with Gasteiger partial charge in [-0.1, -0.05) is 65.2 Å². The van der Waals surface area contributed by atoms with Crippen LogP contribution >= 0.6 is 12.2 Å². The molecule has 0 saturated carbocycles. The number of thiocarbonyl (C=S) groups is 1. The Labute approximate surface area is 444 Å². The minimum Gasteiger partial charge on any atom is -0.374 e. The summed E-state index contributed by atoms with van der Waals surface area (Å²) in [6.45, 7) is 28.0. The summed E-state index contributed by atoms with van der Waals surface area (Å²) < 4.78 is 18.2. The number of hydrogen-bond donors (Lipinski definition) is 4. The van der Waals surface area contributed by atoms with Crippen LogP contribution in [0.1, 0.15) is 100 Å². The molecule has 74 heavy (non-hydrogen) atoms. The van der Waals surface area contributed by atoms with E-state index in [1.54, 1.807) is 0 Å². The van der Waals surface area contributed by atoms with Crippen molar-refractivity contribution in [1.82, 2.24) is 25.3 Å². The van der Waals surface area contributed by atoms with Gasteiger partial charge >= 0.3 is 8.80 Å². The van der Waals surface area contributed by atoms with Gasteiger partial charge < -0.3 is 33.9 Å². The molecule has 380 valence electrons. The molecule has 4 aromatic carbocycles. The number of hydrogen-bond acceptors (Lipinski definition) is 6.